The van der Waals surface area contributed by atoms with Crippen LogP contribution in [0.4, 0.5) is 0 Å². The molecule has 0 saturated heterocycles. The van der Waals surface area contributed by atoms with E-state index in [0.717, 1.165) is 77.0 Å². The molecular formula is C58H105O11P. The summed E-state index contributed by atoms with van der Waals surface area (Å²) in [6, 6.07) is 0. The number of unbranched alkanes of at least 4 members (excludes halogenated alkanes) is 28. The fraction of sp³-hybridized carbons (Fsp3) is 0.810. The summed E-state index contributed by atoms with van der Waals surface area (Å²) < 4.78 is 39.4. The Balaban J connectivity index is 4.69. The van der Waals surface area contributed by atoms with E-state index in [1.165, 1.54) is 128 Å². The van der Waals surface area contributed by atoms with E-state index in [-0.39, 0.29) is 25.9 Å². The van der Waals surface area contributed by atoms with E-state index in [0.29, 0.717) is 19.3 Å². The van der Waals surface area contributed by atoms with E-state index in [1.54, 1.807) is 0 Å². The Morgan fingerprint density at radius 1 is 0.414 bits per heavy atom. The summed E-state index contributed by atoms with van der Waals surface area (Å²) in [4.78, 5) is 48.4. The van der Waals surface area contributed by atoms with Crippen molar-refractivity contribution in [2.75, 3.05) is 26.4 Å². The van der Waals surface area contributed by atoms with Gasteiger partial charge in [-0.1, -0.05) is 217 Å². The Hall–Kier alpha value is -2.56. The maximum atomic E-state index is 12.9. The largest absolute Gasteiger partial charge is 0.472 e. The molecule has 11 nitrogen and oxygen atoms in total. The molecule has 408 valence electrons. The van der Waals surface area contributed by atoms with Crippen molar-refractivity contribution in [1.82, 2.24) is 0 Å². The van der Waals surface area contributed by atoms with E-state index in [9.17, 15) is 28.9 Å². The van der Waals surface area contributed by atoms with Crippen LogP contribution in [0.5, 0.6) is 0 Å². The molecule has 3 atom stereocenters. The fourth-order valence-corrected chi connectivity index (χ4v) is 8.68. The zero-order chi connectivity index (χ0) is 51.3. The summed E-state index contributed by atoms with van der Waals surface area (Å²) in [6.07, 6.45) is 55.1. The third-order valence-corrected chi connectivity index (χ3v) is 13.2. The minimum absolute atomic E-state index is 0.143. The van der Waals surface area contributed by atoms with E-state index < -0.39 is 57.8 Å². The van der Waals surface area contributed by atoms with Crippen LogP contribution >= 0.6 is 7.82 Å². The highest BCUT2D eigenvalue weighted by atomic mass is 31.2. The van der Waals surface area contributed by atoms with Gasteiger partial charge in [-0.2, -0.15) is 0 Å². The Labute approximate surface area is 428 Å². The molecule has 0 rings (SSSR count). The minimum atomic E-state index is -4.75. The molecule has 0 aromatic carbocycles. The molecule has 0 amide bonds. The van der Waals surface area contributed by atoms with Crippen LogP contribution < -0.4 is 0 Å². The van der Waals surface area contributed by atoms with Gasteiger partial charge in [-0.25, -0.2) is 4.57 Å². The standard InChI is InChI=1S/C58H105O11P/c1-4-7-10-13-16-19-22-24-25-26-27-28-29-31-34-37-40-43-46-49-58(62)69-55(51-65-56(60)47-44-41-38-35-32-21-18-15-12-9-6-3)53-67-70(63,64)66-52-54(50-59)68-57(61)48-45-42-39-36-33-30-23-20-17-14-11-8-5-2/h8,11,17,20,24-25,30,33,54-55,59H,4-7,9-10,12-16,18-19,21-23,26-29,31-32,34-53H2,1-3H3,(H,63,64)/b11-8-,20-17-,25-24-,33-30-. The van der Waals surface area contributed by atoms with Crippen LogP contribution in [-0.4, -0.2) is 66.5 Å². The first-order valence-corrected chi connectivity index (χ1v) is 30.0. The van der Waals surface area contributed by atoms with Crippen LogP contribution in [0.25, 0.3) is 0 Å². The van der Waals surface area contributed by atoms with Gasteiger partial charge in [0.05, 0.1) is 19.8 Å². The molecule has 3 unspecified atom stereocenters. The normalized spacial score (nSPS) is 13.7. The number of aliphatic hydroxyl groups is 1. The zero-order valence-corrected chi connectivity index (χ0v) is 45.9. The first kappa shape index (κ1) is 67.4. The van der Waals surface area contributed by atoms with Crippen molar-refractivity contribution in [2.45, 2.75) is 277 Å². The molecule has 0 aliphatic rings. The van der Waals surface area contributed by atoms with Crippen LogP contribution in [-0.2, 0) is 42.2 Å². The summed E-state index contributed by atoms with van der Waals surface area (Å²) in [6.45, 7) is 4.50. The van der Waals surface area contributed by atoms with Gasteiger partial charge in [0.2, 0.25) is 0 Å². The molecule has 12 heteroatoms. The molecular weight excluding hydrogens is 904 g/mol. The number of phosphoric ester groups is 1. The maximum absolute atomic E-state index is 12.9. The molecule has 0 aromatic heterocycles. The van der Waals surface area contributed by atoms with E-state index >= 15 is 0 Å². The Bertz CT molecular complexity index is 1360. The SMILES string of the molecule is CC/C=C\C/C=C\C/C=C\CCCCCC(=O)OC(CO)COP(=O)(O)OCC(COC(=O)CCCCCCCCCCCCC)OC(=O)CCCCCCCCCCC/C=C\CCCCCCCC. The van der Waals surface area contributed by atoms with E-state index in [4.69, 9.17) is 23.3 Å². The van der Waals surface area contributed by atoms with Gasteiger partial charge in [0.25, 0.3) is 0 Å². The first-order chi connectivity index (χ1) is 34.2. The van der Waals surface area contributed by atoms with Gasteiger partial charge in [0, 0.05) is 19.3 Å². The molecule has 0 aliphatic heterocycles. The molecule has 0 fully saturated rings. The number of hydrogen-bond acceptors (Lipinski definition) is 10. The summed E-state index contributed by atoms with van der Waals surface area (Å²) in [5.74, 6) is -1.48. The second-order valence-corrected chi connectivity index (χ2v) is 20.5. The van der Waals surface area contributed by atoms with Crippen LogP contribution in [0.2, 0.25) is 0 Å². The topological polar surface area (TPSA) is 155 Å². The summed E-state index contributed by atoms with van der Waals surface area (Å²) in [7, 11) is -4.75. The summed E-state index contributed by atoms with van der Waals surface area (Å²) >= 11 is 0. The Morgan fingerprint density at radius 3 is 1.17 bits per heavy atom. The third-order valence-electron chi connectivity index (χ3n) is 12.2. The molecule has 2 N–H and O–H groups in total. The molecule has 0 spiro atoms. The quantitative estimate of drug-likeness (QED) is 0.0197. The van der Waals surface area contributed by atoms with Crippen LogP contribution in [0, 0.1) is 0 Å². The van der Waals surface area contributed by atoms with Gasteiger partial charge < -0.3 is 24.2 Å². The van der Waals surface area contributed by atoms with Crippen molar-refractivity contribution in [1.29, 1.82) is 0 Å². The third kappa shape index (κ3) is 50.4. The predicted octanol–water partition coefficient (Wildman–Crippen LogP) is 16.6. The molecule has 70 heavy (non-hydrogen) atoms. The average molecular weight is 1010 g/mol. The van der Waals surface area contributed by atoms with E-state index in [2.05, 4.69) is 69.4 Å². The van der Waals surface area contributed by atoms with Crippen LogP contribution in [0.3, 0.4) is 0 Å². The zero-order valence-electron chi connectivity index (χ0n) is 45.0. The smallest absolute Gasteiger partial charge is 0.462 e. The monoisotopic (exact) mass is 1010 g/mol. The van der Waals surface area contributed by atoms with Crippen molar-refractivity contribution < 1.29 is 52.2 Å². The molecule has 0 radical (unpaired) electrons. The van der Waals surface area contributed by atoms with Crippen molar-refractivity contribution in [3.8, 4) is 0 Å². The van der Waals surface area contributed by atoms with Gasteiger partial charge in [0.15, 0.2) is 6.10 Å². The summed E-state index contributed by atoms with van der Waals surface area (Å²) in [5.41, 5.74) is 0. The lowest BCUT2D eigenvalue weighted by atomic mass is 10.1. The number of rotatable bonds is 53. The Kier molecular flexibility index (Phi) is 50.8. The van der Waals surface area contributed by atoms with Crippen LogP contribution in [0.15, 0.2) is 48.6 Å². The number of carbonyl (C=O) groups excluding carboxylic acids is 3. The number of esters is 3. The molecule has 0 bridgehead atoms. The van der Waals surface area contributed by atoms with E-state index in [1.807, 2.05) is 0 Å². The van der Waals surface area contributed by atoms with Crippen molar-refractivity contribution in [3.63, 3.8) is 0 Å². The predicted molar refractivity (Wildman–Crippen MR) is 289 cm³/mol. The van der Waals surface area contributed by atoms with Gasteiger partial charge in [0.1, 0.15) is 12.7 Å². The molecule has 0 aliphatic carbocycles. The lowest BCUT2D eigenvalue weighted by Gasteiger charge is -2.21. The van der Waals surface area contributed by atoms with Gasteiger partial charge in [-0.3, -0.25) is 23.4 Å². The number of allylic oxidation sites excluding steroid dienone is 8. The highest BCUT2D eigenvalue weighted by Crippen LogP contribution is 2.43. The second kappa shape index (κ2) is 52.8. The lowest BCUT2D eigenvalue weighted by Crippen LogP contribution is -2.30. The van der Waals surface area contributed by atoms with Crippen molar-refractivity contribution in [2.24, 2.45) is 0 Å². The first-order valence-electron chi connectivity index (χ1n) is 28.5. The molecule has 0 saturated carbocycles. The number of phosphoric acid groups is 1. The second-order valence-electron chi connectivity index (χ2n) is 19.1. The van der Waals surface area contributed by atoms with Gasteiger partial charge >= 0.3 is 25.7 Å². The van der Waals surface area contributed by atoms with Crippen molar-refractivity contribution in [3.05, 3.63) is 48.6 Å². The Morgan fingerprint density at radius 2 is 0.743 bits per heavy atom. The minimum Gasteiger partial charge on any atom is -0.462 e. The number of carbonyl (C=O) groups is 3. The van der Waals surface area contributed by atoms with Crippen LogP contribution in [0.1, 0.15) is 265 Å². The molecule has 0 aromatic rings. The number of hydrogen-bond donors (Lipinski definition) is 2. The fourth-order valence-electron chi connectivity index (χ4n) is 7.90. The van der Waals surface area contributed by atoms with Gasteiger partial charge in [-0.15, -0.1) is 0 Å². The summed E-state index contributed by atoms with van der Waals surface area (Å²) in [5, 5.41) is 9.79. The molecule has 0 heterocycles. The highest BCUT2D eigenvalue weighted by Gasteiger charge is 2.28. The average Bonchev–Trinajstić information content (AvgIpc) is 3.35. The lowest BCUT2D eigenvalue weighted by molar-refractivity contribution is -0.161. The number of aliphatic hydroxyl groups excluding tert-OH is 1. The maximum Gasteiger partial charge on any atom is 0.472 e. The number of ether oxygens (including phenoxy) is 3. The van der Waals surface area contributed by atoms with Crippen molar-refractivity contribution >= 4 is 25.7 Å². The highest BCUT2D eigenvalue weighted by molar-refractivity contribution is 7.47. The van der Waals surface area contributed by atoms with Gasteiger partial charge in [-0.05, 0) is 77.0 Å².